The molecule has 0 aromatic carbocycles. The van der Waals surface area contributed by atoms with E-state index in [1.807, 2.05) is 0 Å². The molecule has 0 bridgehead atoms. The molecule has 0 N–H and O–H groups in total. The SMILES string of the molecule is C[O][Al][O][O][Al]([O]C)[O]C. The fraction of sp³-hybridized carbons (Fsp3) is 1.00. The number of rotatable bonds is 6. The lowest BCUT2D eigenvalue weighted by Crippen LogP contribution is -2.25. The van der Waals surface area contributed by atoms with Gasteiger partial charge in [0.2, 0.25) is 0 Å². The fourth-order valence-corrected chi connectivity index (χ4v) is 1.25. The molecule has 0 amide bonds. The highest BCUT2D eigenvalue weighted by Gasteiger charge is 2.29. The second-order valence-corrected chi connectivity index (χ2v) is 3.85. The lowest BCUT2D eigenvalue weighted by molar-refractivity contribution is -0.155. The van der Waals surface area contributed by atoms with Crippen LogP contribution in [0, 0.1) is 0 Å². The molecular formula is C3H9Al2O5. The monoisotopic (exact) mass is 179 g/mol. The Morgan fingerprint density at radius 3 is 2.10 bits per heavy atom. The van der Waals surface area contributed by atoms with Crippen LogP contribution in [0.3, 0.4) is 0 Å². The summed E-state index contributed by atoms with van der Waals surface area (Å²) in [6.45, 7) is 0. The molecule has 1 radical (unpaired) electrons. The first-order valence-corrected chi connectivity index (χ1v) is 4.93. The smallest absolute Gasteiger partial charge is 0.485 e. The molecule has 0 atom stereocenters. The Morgan fingerprint density at radius 1 is 1.10 bits per heavy atom. The van der Waals surface area contributed by atoms with Crippen LogP contribution >= 0.6 is 0 Å². The molecule has 10 heavy (non-hydrogen) atoms. The van der Waals surface area contributed by atoms with Crippen molar-refractivity contribution in [2.45, 2.75) is 0 Å². The molecule has 0 aliphatic heterocycles. The summed E-state index contributed by atoms with van der Waals surface area (Å²) in [7, 11) is 4.55. The molecule has 57 valence electrons. The quantitative estimate of drug-likeness (QED) is 0.235. The van der Waals surface area contributed by atoms with Crippen molar-refractivity contribution in [1.29, 1.82) is 0 Å². The van der Waals surface area contributed by atoms with Gasteiger partial charge in [-0.25, -0.2) is 0 Å². The Kier molecular flexibility index (Phi) is 8.66. The highest BCUT2D eigenvalue weighted by molar-refractivity contribution is 6.36. The van der Waals surface area contributed by atoms with E-state index in [9.17, 15) is 0 Å². The second kappa shape index (κ2) is 7.97. The van der Waals surface area contributed by atoms with Crippen LogP contribution in [0.2, 0.25) is 0 Å². The van der Waals surface area contributed by atoms with Gasteiger partial charge < -0.3 is 19.2 Å². The molecular weight excluding hydrogens is 170 g/mol. The van der Waals surface area contributed by atoms with Crippen molar-refractivity contribution >= 4 is 31.0 Å². The van der Waals surface area contributed by atoms with Crippen molar-refractivity contribution in [3.05, 3.63) is 0 Å². The van der Waals surface area contributed by atoms with Gasteiger partial charge in [-0.05, 0) is 0 Å². The van der Waals surface area contributed by atoms with Gasteiger partial charge in [0, 0.05) is 21.3 Å². The normalized spacial score (nSPS) is 9.50. The van der Waals surface area contributed by atoms with Crippen molar-refractivity contribution in [2.75, 3.05) is 21.3 Å². The Bertz CT molecular complexity index is 67.9. The van der Waals surface area contributed by atoms with Gasteiger partial charge in [0.1, 0.15) is 0 Å². The van der Waals surface area contributed by atoms with E-state index in [2.05, 4.69) is 11.7 Å². The first kappa shape index (κ1) is 10.9. The zero-order valence-corrected chi connectivity index (χ0v) is 8.51. The summed E-state index contributed by atoms with van der Waals surface area (Å²) in [5.41, 5.74) is 0. The molecule has 0 saturated carbocycles. The van der Waals surface area contributed by atoms with Gasteiger partial charge in [0.15, 0.2) is 0 Å². The molecule has 5 nitrogen and oxygen atoms in total. The van der Waals surface area contributed by atoms with Crippen molar-refractivity contribution in [1.82, 2.24) is 0 Å². The summed E-state index contributed by atoms with van der Waals surface area (Å²) in [5.74, 6) is 0. The van der Waals surface area contributed by atoms with Crippen molar-refractivity contribution < 1.29 is 19.2 Å². The molecule has 0 saturated heterocycles. The van der Waals surface area contributed by atoms with Crippen LogP contribution in [0.1, 0.15) is 0 Å². The Morgan fingerprint density at radius 2 is 1.70 bits per heavy atom. The molecule has 0 aromatic heterocycles. The molecule has 0 fully saturated rings. The number of hydrogen-bond acceptors (Lipinski definition) is 5. The third-order valence-corrected chi connectivity index (χ3v) is 2.30. The third-order valence-electron chi connectivity index (χ3n) is 0.655. The predicted octanol–water partition coefficient (Wildman–Crippen LogP) is -0.607. The van der Waals surface area contributed by atoms with Crippen LogP contribution in [0.25, 0.3) is 0 Å². The van der Waals surface area contributed by atoms with Crippen LogP contribution < -0.4 is 0 Å². The summed E-state index contributed by atoms with van der Waals surface area (Å²) in [6.07, 6.45) is 0. The van der Waals surface area contributed by atoms with Gasteiger partial charge in [0.05, 0.1) is 0 Å². The summed E-state index contributed by atoms with van der Waals surface area (Å²) < 4.78 is 23.5. The highest BCUT2D eigenvalue weighted by atomic mass is 27.3. The maximum Gasteiger partial charge on any atom is 0.931 e. The lowest BCUT2D eigenvalue weighted by atomic mass is 11.8. The van der Waals surface area contributed by atoms with E-state index in [1.165, 1.54) is 21.3 Å². The molecule has 0 rings (SSSR count). The van der Waals surface area contributed by atoms with Crippen LogP contribution in [-0.4, -0.2) is 52.4 Å². The number of hydrogen-bond donors (Lipinski definition) is 0. The van der Waals surface area contributed by atoms with Gasteiger partial charge >= 0.3 is 31.0 Å². The Hall–Kier alpha value is 0.865. The van der Waals surface area contributed by atoms with E-state index >= 15 is 0 Å². The molecule has 0 heterocycles. The van der Waals surface area contributed by atoms with Gasteiger partial charge in [-0.1, -0.05) is 0 Å². The molecule has 0 aliphatic carbocycles. The first-order valence-electron chi connectivity index (χ1n) is 2.57. The first-order chi connectivity index (χ1) is 4.85. The van der Waals surface area contributed by atoms with E-state index in [0.29, 0.717) is 0 Å². The zero-order chi connectivity index (χ0) is 7.82. The Balaban J connectivity index is 3.09. The molecule has 0 unspecified atom stereocenters. The van der Waals surface area contributed by atoms with E-state index in [0.717, 1.165) is 0 Å². The fourth-order valence-electron chi connectivity index (χ4n) is 0.282. The van der Waals surface area contributed by atoms with Crippen LogP contribution in [0.5, 0.6) is 0 Å². The van der Waals surface area contributed by atoms with Crippen molar-refractivity contribution in [2.24, 2.45) is 0 Å². The van der Waals surface area contributed by atoms with Crippen LogP contribution in [0.15, 0.2) is 0 Å². The van der Waals surface area contributed by atoms with E-state index in [-0.39, 0.29) is 0 Å². The van der Waals surface area contributed by atoms with Crippen LogP contribution in [-0.2, 0) is 19.2 Å². The third kappa shape index (κ3) is 5.63. The minimum Gasteiger partial charge on any atom is -0.485 e. The largest absolute Gasteiger partial charge is 0.931 e. The Labute approximate surface area is 71.9 Å². The van der Waals surface area contributed by atoms with Gasteiger partial charge in [0.25, 0.3) is 0 Å². The molecule has 0 aromatic rings. The topological polar surface area (TPSA) is 46.2 Å². The summed E-state index contributed by atoms with van der Waals surface area (Å²) >= 11 is -2.57. The average Bonchev–Trinajstić information content (AvgIpc) is 1.99. The van der Waals surface area contributed by atoms with Crippen molar-refractivity contribution in [3.8, 4) is 0 Å². The van der Waals surface area contributed by atoms with E-state index in [4.69, 9.17) is 7.58 Å². The maximum atomic E-state index is 4.77. The average molecular weight is 179 g/mol. The lowest BCUT2D eigenvalue weighted by Gasteiger charge is -2.05. The van der Waals surface area contributed by atoms with Gasteiger partial charge in [-0.3, -0.25) is 0 Å². The summed E-state index contributed by atoms with van der Waals surface area (Å²) in [6, 6.07) is 0. The van der Waals surface area contributed by atoms with Gasteiger partial charge in [-0.15, -0.1) is 0 Å². The second-order valence-electron chi connectivity index (χ2n) is 1.28. The minimum absolute atomic E-state index is 0.561. The van der Waals surface area contributed by atoms with Crippen molar-refractivity contribution in [3.63, 3.8) is 0 Å². The van der Waals surface area contributed by atoms with E-state index < -0.39 is 31.0 Å². The highest BCUT2D eigenvalue weighted by Crippen LogP contribution is 1.87. The standard InChI is InChI=1S/3CH3O.2Al.O2/c3*1-2;;;1-2/h3*1H3;;;/q3*-1;+2;+3;-2. The summed E-state index contributed by atoms with van der Waals surface area (Å²) in [4.78, 5) is 0. The van der Waals surface area contributed by atoms with E-state index in [1.54, 1.807) is 0 Å². The predicted molar refractivity (Wildman–Crippen MR) is 34.7 cm³/mol. The maximum absolute atomic E-state index is 4.77. The molecule has 0 aliphatic rings. The summed E-state index contributed by atoms with van der Waals surface area (Å²) in [5, 5.41) is 0. The molecule has 7 heteroatoms. The zero-order valence-electron chi connectivity index (χ0n) is 6.20. The van der Waals surface area contributed by atoms with Gasteiger partial charge in [-0.2, -0.15) is 0 Å². The van der Waals surface area contributed by atoms with Crippen LogP contribution in [0.4, 0.5) is 0 Å². The molecule has 0 spiro atoms. The minimum atomic E-state index is -2.01.